The molecule has 0 radical (unpaired) electrons. The van der Waals surface area contributed by atoms with E-state index in [2.05, 4.69) is 0 Å². The molecule has 1 N–H and O–H groups in total. The lowest BCUT2D eigenvalue weighted by Gasteiger charge is -2.18. The molecule has 2 aliphatic rings. The third-order valence-electron chi connectivity index (χ3n) is 5.16. The van der Waals surface area contributed by atoms with Gasteiger partial charge in [0.1, 0.15) is 6.61 Å². The average molecular weight is 414 g/mol. The molecule has 0 amide bonds. The smallest absolute Gasteiger partial charge is 0.334 e. The molecule has 2 heterocycles. The summed E-state index contributed by atoms with van der Waals surface area (Å²) in [5, 5.41) is 11.0. The topological polar surface area (TPSA) is 92.7 Å². The van der Waals surface area contributed by atoms with Crippen LogP contribution in [0, 0.1) is 5.92 Å². The van der Waals surface area contributed by atoms with Gasteiger partial charge in [-0.05, 0) is 41.5 Å². The van der Waals surface area contributed by atoms with Crippen LogP contribution < -0.4 is 23.7 Å². The maximum Gasteiger partial charge on any atom is 0.334 e. The Balaban J connectivity index is 1.68. The third kappa shape index (κ3) is 3.50. The van der Waals surface area contributed by atoms with Crippen molar-refractivity contribution < 1.29 is 38.3 Å². The summed E-state index contributed by atoms with van der Waals surface area (Å²) in [5.74, 6) is 1.54. The molecule has 0 bridgehead atoms. The van der Waals surface area contributed by atoms with E-state index in [1.165, 1.54) is 21.3 Å². The van der Waals surface area contributed by atoms with Crippen molar-refractivity contribution in [2.45, 2.75) is 6.10 Å². The van der Waals surface area contributed by atoms with E-state index >= 15 is 0 Å². The number of carbonyl (C=O) groups excluding carboxylic acids is 1. The van der Waals surface area contributed by atoms with E-state index in [4.69, 9.17) is 28.4 Å². The summed E-state index contributed by atoms with van der Waals surface area (Å²) >= 11 is 0. The maximum atomic E-state index is 12.4. The van der Waals surface area contributed by atoms with Gasteiger partial charge in [0.15, 0.2) is 23.0 Å². The number of hydrogen-bond donors (Lipinski definition) is 1. The molecule has 2 unspecified atom stereocenters. The Morgan fingerprint density at radius 1 is 1.00 bits per heavy atom. The van der Waals surface area contributed by atoms with Crippen LogP contribution in [0.3, 0.4) is 0 Å². The first-order valence-electron chi connectivity index (χ1n) is 9.32. The number of aliphatic hydroxyl groups excluding tert-OH is 1. The monoisotopic (exact) mass is 414 g/mol. The molecule has 8 nitrogen and oxygen atoms in total. The molecular weight excluding hydrogens is 392 g/mol. The minimum atomic E-state index is -0.959. The SMILES string of the molecule is COc1cc(C=C2C(=O)OCC2C(O)c2ccc3c(c2)OCO3)cc(OC)c1OC. The molecular formula is C22H22O8. The van der Waals surface area contributed by atoms with Crippen molar-refractivity contribution in [2.24, 2.45) is 5.92 Å². The van der Waals surface area contributed by atoms with Crippen molar-refractivity contribution in [3.8, 4) is 28.7 Å². The van der Waals surface area contributed by atoms with Gasteiger partial charge in [0.25, 0.3) is 0 Å². The van der Waals surface area contributed by atoms with Gasteiger partial charge in [-0.1, -0.05) is 6.07 Å². The summed E-state index contributed by atoms with van der Waals surface area (Å²) in [6, 6.07) is 8.65. The lowest BCUT2D eigenvalue weighted by atomic mass is 9.89. The number of benzene rings is 2. The first-order valence-corrected chi connectivity index (χ1v) is 9.32. The minimum absolute atomic E-state index is 0.0741. The van der Waals surface area contributed by atoms with E-state index in [9.17, 15) is 9.90 Å². The summed E-state index contributed by atoms with van der Waals surface area (Å²) in [6.45, 7) is 0.219. The van der Waals surface area contributed by atoms with Crippen LogP contribution in [0.5, 0.6) is 28.7 Å². The van der Waals surface area contributed by atoms with E-state index < -0.39 is 18.0 Å². The number of rotatable bonds is 6. The Bertz CT molecular complexity index is 972. The standard InChI is InChI=1S/C22H22O8/c1-25-18-7-12(8-19(26-2)21(18)27-3)6-14-15(10-28-22(14)24)20(23)13-4-5-16-17(9-13)30-11-29-16/h4-9,15,20,23H,10-11H2,1-3H3. The highest BCUT2D eigenvalue weighted by Crippen LogP contribution is 2.42. The number of carbonyl (C=O) groups is 1. The normalized spacial score (nSPS) is 19.5. The third-order valence-corrected chi connectivity index (χ3v) is 5.16. The fraction of sp³-hybridized carbons (Fsp3) is 0.318. The Hall–Kier alpha value is -3.39. The molecule has 0 aliphatic carbocycles. The lowest BCUT2D eigenvalue weighted by molar-refractivity contribution is -0.135. The number of cyclic esters (lactones) is 1. The molecule has 4 rings (SSSR count). The molecule has 30 heavy (non-hydrogen) atoms. The van der Waals surface area contributed by atoms with E-state index in [1.807, 2.05) is 0 Å². The van der Waals surface area contributed by atoms with Gasteiger partial charge < -0.3 is 33.5 Å². The van der Waals surface area contributed by atoms with Crippen molar-refractivity contribution in [3.05, 3.63) is 47.0 Å². The van der Waals surface area contributed by atoms with Crippen molar-refractivity contribution in [1.29, 1.82) is 0 Å². The Labute approximate surface area is 173 Å². The molecule has 158 valence electrons. The van der Waals surface area contributed by atoms with E-state index in [0.717, 1.165) is 0 Å². The fourth-order valence-corrected chi connectivity index (χ4v) is 3.61. The number of methoxy groups -OCH3 is 3. The van der Waals surface area contributed by atoms with Crippen LogP contribution >= 0.6 is 0 Å². The molecule has 1 saturated heterocycles. The second-order valence-electron chi connectivity index (χ2n) is 6.82. The van der Waals surface area contributed by atoms with E-state index in [1.54, 1.807) is 36.4 Å². The number of esters is 1. The quantitative estimate of drug-likeness (QED) is 0.570. The van der Waals surface area contributed by atoms with Crippen LogP contribution in [0.2, 0.25) is 0 Å². The Morgan fingerprint density at radius 3 is 2.37 bits per heavy atom. The second-order valence-corrected chi connectivity index (χ2v) is 6.82. The summed E-state index contributed by atoms with van der Waals surface area (Å²) < 4.78 is 32.0. The predicted molar refractivity (Wildman–Crippen MR) is 106 cm³/mol. The summed E-state index contributed by atoms with van der Waals surface area (Å²) in [6.07, 6.45) is 0.708. The van der Waals surface area contributed by atoms with E-state index in [0.29, 0.717) is 45.4 Å². The van der Waals surface area contributed by atoms with Gasteiger partial charge >= 0.3 is 5.97 Å². The van der Waals surface area contributed by atoms with Gasteiger partial charge in [-0.3, -0.25) is 0 Å². The van der Waals surface area contributed by atoms with Gasteiger partial charge in [-0.2, -0.15) is 0 Å². The van der Waals surface area contributed by atoms with Crippen LogP contribution in [-0.4, -0.2) is 45.8 Å². The molecule has 2 atom stereocenters. The molecule has 2 aliphatic heterocycles. The van der Waals surface area contributed by atoms with Crippen molar-refractivity contribution in [1.82, 2.24) is 0 Å². The van der Waals surface area contributed by atoms with Crippen LogP contribution in [0.1, 0.15) is 17.2 Å². The lowest BCUT2D eigenvalue weighted by Crippen LogP contribution is -2.15. The van der Waals surface area contributed by atoms with Gasteiger partial charge in [0, 0.05) is 5.57 Å². The summed E-state index contributed by atoms with van der Waals surface area (Å²) in [4.78, 5) is 12.4. The highest BCUT2D eigenvalue weighted by atomic mass is 16.7. The molecule has 0 saturated carbocycles. The highest BCUT2D eigenvalue weighted by molar-refractivity contribution is 5.96. The fourth-order valence-electron chi connectivity index (χ4n) is 3.61. The summed E-state index contributed by atoms with van der Waals surface area (Å²) in [7, 11) is 4.55. The van der Waals surface area contributed by atoms with Gasteiger partial charge in [0.2, 0.25) is 12.5 Å². The molecule has 2 aromatic carbocycles. The number of ether oxygens (including phenoxy) is 6. The van der Waals surface area contributed by atoms with Crippen LogP contribution in [0.25, 0.3) is 6.08 Å². The molecule has 0 aromatic heterocycles. The molecule has 8 heteroatoms. The minimum Gasteiger partial charge on any atom is -0.493 e. The molecule has 1 fully saturated rings. The number of fused-ring (bicyclic) bond motifs is 1. The second kappa shape index (κ2) is 8.16. The van der Waals surface area contributed by atoms with E-state index in [-0.39, 0.29) is 13.4 Å². The first kappa shape index (κ1) is 19.9. The number of aliphatic hydroxyl groups is 1. The zero-order chi connectivity index (χ0) is 21.3. The largest absolute Gasteiger partial charge is 0.493 e. The highest BCUT2D eigenvalue weighted by Gasteiger charge is 2.37. The first-order chi connectivity index (χ1) is 14.5. The zero-order valence-electron chi connectivity index (χ0n) is 16.8. The van der Waals surface area contributed by atoms with Crippen molar-refractivity contribution in [3.63, 3.8) is 0 Å². The van der Waals surface area contributed by atoms with Crippen LogP contribution in [-0.2, 0) is 9.53 Å². The maximum absolute atomic E-state index is 12.4. The van der Waals surface area contributed by atoms with Gasteiger partial charge in [0.05, 0.1) is 33.4 Å². The van der Waals surface area contributed by atoms with Gasteiger partial charge in [-0.25, -0.2) is 4.79 Å². The van der Waals surface area contributed by atoms with Crippen LogP contribution in [0.15, 0.2) is 35.9 Å². The van der Waals surface area contributed by atoms with Gasteiger partial charge in [-0.15, -0.1) is 0 Å². The molecule has 2 aromatic rings. The van der Waals surface area contributed by atoms with Crippen molar-refractivity contribution in [2.75, 3.05) is 34.7 Å². The number of hydrogen-bond acceptors (Lipinski definition) is 8. The average Bonchev–Trinajstić information content (AvgIpc) is 3.38. The molecule has 0 spiro atoms. The Morgan fingerprint density at radius 2 is 1.70 bits per heavy atom. The summed E-state index contributed by atoms with van der Waals surface area (Å²) in [5.41, 5.74) is 1.62. The Kier molecular flexibility index (Phi) is 5.41. The predicted octanol–water partition coefficient (Wildman–Crippen LogP) is 2.73. The van der Waals surface area contributed by atoms with Crippen molar-refractivity contribution >= 4 is 12.0 Å². The zero-order valence-corrected chi connectivity index (χ0v) is 16.8. The van der Waals surface area contributed by atoms with Crippen LogP contribution in [0.4, 0.5) is 0 Å².